The fraction of sp³-hybridized carbons (Fsp3) is 0.545. The zero-order valence-corrected chi connectivity index (χ0v) is 10.6. The number of methoxy groups -OCH3 is 1. The number of hydrogen-bond donors (Lipinski definition) is 1. The fourth-order valence-electron chi connectivity index (χ4n) is 1.18. The van der Waals surface area contributed by atoms with E-state index < -0.39 is 0 Å². The van der Waals surface area contributed by atoms with Crippen LogP contribution in [0.25, 0.3) is 0 Å². The molecule has 0 aliphatic rings. The van der Waals surface area contributed by atoms with E-state index in [4.69, 9.17) is 15.2 Å². The molecule has 0 aromatic carbocycles. The van der Waals surface area contributed by atoms with Gasteiger partial charge in [-0.3, -0.25) is 0 Å². The second kappa shape index (κ2) is 5.86. The summed E-state index contributed by atoms with van der Waals surface area (Å²) in [6.07, 6.45) is 0.554. The Balaban J connectivity index is 2.52. The number of hydrogen-bond acceptors (Lipinski definition) is 5. The van der Waals surface area contributed by atoms with Crippen LogP contribution in [0.1, 0.15) is 27.9 Å². The van der Waals surface area contributed by atoms with Gasteiger partial charge < -0.3 is 15.2 Å². The Kier molecular flexibility index (Phi) is 4.76. The molecule has 0 radical (unpaired) electrons. The number of esters is 1. The molecule has 0 bridgehead atoms. The molecule has 0 saturated heterocycles. The Hall–Kier alpha value is -1.07. The van der Waals surface area contributed by atoms with Crippen LogP contribution in [0.5, 0.6) is 0 Å². The summed E-state index contributed by atoms with van der Waals surface area (Å²) in [5, 5.41) is 0. The number of carbonyl (C=O) groups is 1. The molecular weight excluding hydrogens is 226 g/mol. The maximum absolute atomic E-state index is 11.7. The van der Waals surface area contributed by atoms with Crippen molar-refractivity contribution in [3.8, 4) is 0 Å². The van der Waals surface area contributed by atoms with E-state index in [1.54, 1.807) is 13.2 Å². The third kappa shape index (κ3) is 3.50. The van der Waals surface area contributed by atoms with Gasteiger partial charge in [-0.05, 0) is 19.9 Å². The third-order valence-corrected chi connectivity index (χ3v) is 3.24. The van der Waals surface area contributed by atoms with Crippen molar-refractivity contribution in [2.24, 2.45) is 0 Å². The first-order valence-electron chi connectivity index (χ1n) is 5.10. The smallest absolute Gasteiger partial charge is 0.348 e. The molecule has 0 spiro atoms. The summed E-state index contributed by atoms with van der Waals surface area (Å²) in [4.78, 5) is 13.2. The molecular formula is C11H17NO3S. The average molecular weight is 243 g/mol. The molecule has 5 heteroatoms. The lowest BCUT2D eigenvalue weighted by Crippen LogP contribution is -2.15. The first-order valence-corrected chi connectivity index (χ1v) is 5.92. The lowest BCUT2D eigenvalue weighted by Gasteiger charge is -2.11. The zero-order valence-electron chi connectivity index (χ0n) is 9.78. The van der Waals surface area contributed by atoms with Crippen LogP contribution in [-0.4, -0.2) is 25.8 Å². The number of nitrogens with two attached hydrogens (primary N) is 1. The minimum atomic E-state index is -0.312. The highest BCUT2D eigenvalue weighted by molar-refractivity contribution is 7.14. The topological polar surface area (TPSA) is 61.5 Å². The molecule has 1 unspecified atom stereocenters. The quantitative estimate of drug-likeness (QED) is 0.805. The van der Waals surface area contributed by atoms with Gasteiger partial charge in [-0.15, -0.1) is 11.3 Å². The maximum atomic E-state index is 11.7. The Morgan fingerprint density at radius 2 is 2.31 bits per heavy atom. The van der Waals surface area contributed by atoms with Crippen molar-refractivity contribution in [3.05, 3.63) is 15.8 Å². The van der Waals surface area contributed by atoms with Gasteiger partial charge >= 0.3 is 5.97 Å². The summed E-state index contributed by atoms with van der Waals surface area (Å²) < 4.78 is 10.2. The van der Waals surface area contributed by atoms with Gasteiger partial charge in [0, 0.05) is 30.7 Å². The van der Waals surface area contributed by atoms with E-state index in [-0.39, 0.29) is 12.1 Å². The monoisotopic (exact) mass is 243 g/mol. The first-order chi connectivity index (χ1) is 7.54. The Bertz CT molecular complexity index is 343. The van der Waals surface area contributed by atoms with Crippen molar-refractivity contribution in [1.82, 2.24) is 0 Å². The summed E-state index contributed by atoms with van der Waals surface area (Å²) >= 11 is 1.36. The number of aryl methyl sites for hydroxylation is 1. The van der Waals surface area contributed by atoms with Crippen molar-refractivity contribution < 1.29 is 14.3 Å². The second-order valence-corrected chi connectivity index (χ2v) is 4.88. The fourth-order valence-corrected chi connectivity index (χ4v) is 2.00. The van der Waals surface area contributed by atoms with Crippen LogP contribution in [0, 0.1) is 6.92 Å². The lowest BCUT2D eigenvalue weighted by molar-refractivity contribution is 0.0272. The summed E-state index contributed by atoms with van der Waals surface area (Å²) in [5.74, 6) is -0.312. The number of carbonyl (C=O) groups excluding carboxylic acids is 1. The number of thiophene rings is 1. The highest BCUT2D eigenvalue weighted by atomic mass is 32.1. The normalized spacial score (nSPS) is 12.4. The molecule has 4 nitrogen and oxygen atoms in total. The van der Waals surface area contributed by atoms with E-state index >= 15 is 0 Å². The van der Waals surface area contributed by atoms with E-state index in [2.05, 4.69) is 0 Å². The maximum Gasteiger partial charge on any atom is 0.348 e. The molecule has 0 saturated carbocycles. The zero-order chi connectivity index (χ0) is 12.1. The van der Waals surface area contributed by atoms with E-state index in [1.807, 2.05) is 13.8 Å². The van der Waals surface area contributed by atoms with Gasteiger partial charge in [0.2, 0.25) is 0 Å². The molecule has 90 valence electrons. The highest BCUT2D eigenvalue weighted by Gasteiger charge is 2.15. The third-order valence-electron chi connectivity index (χ3n) is 2.19. The lowest BCUT2D eigenvalue weighted by atomic mass is 10.3. The van der Waals surface area contributed by atoms with Gasteiger partial charge in [-0.2, -0.15) is 0 Å². The van der Waals surface area contributed by atoms with Crippen molar-refractivity contribution in [2.45, 2.75) is 26.4 Å². The number of rotatable bonds is 5. The molecule has 1 heterocycles. The molecule has 1 rings (SSSR count). The largest absolute Gasteiger partial charge is 0.458 e. The van der Waals surface area contributed by atoms with E-state index in [0.717, 1.165) is 4.88 Å². The van der Waals surface area contributed by atoms with Gasteiger partial charge in [0.1, 0.15) is 11.0 Å². The molecule has 1 aromatic heterocycles. The van der Waals surface area contributed by atoms with Crippen LogP contribution in [0.4, 0.5) is 5.69 Å². The molecule has 16 heavy (non-hydrogen) atoms. The Morgan fingerprint density at radius 1 is 1.62 bits per heavy atom. The SMILES string of the molecule is COCCC(C)OC(=O)c1cc(N)c(C)s1. The molecule has 2 N–H and O–H groups in total. The minimum Gasteiger partial charge on any atom is -0.458 e. The van der Waals surface area contributed by atoms with E-state index in [0.29, 0.717) is 23.6 Å². The van der Waals surface area contributed by atoms with Crippen LogP contribution in [0.15, 0.2) is 6.07 Å². The number of nitrogen functional groups attached to an aromatic ring is 1. The predicted molar refractivity (Wildman–Crippen MR) is 64.8 cm³/mol. The van der Waals surface area contributed by atoms with Gasteiger partial charge in [0.25, 0.3) is 0 Å². The van der Waals surface area contributed by atoms with Gasteiger partial charge in [0.15, 0.2) is 0 Å². The van der Waals surface area contributed by atoms with Crippen molar-refractivity contribution >= 4 is 23.0 Å². The molecule has 0 fully saturated rings. The summed E-state index contributed by atoms with van der Waals surface area (Å²) in [6, 6.07) is 1.66. The predicted octanol–water partition coefficient (Wildman–Crippen LogP) is 2.22. The first kappa shape index (κ1) is 13.0. The Labute approximate surface area is 99.4 Å². The molecule has 0 aliphatic heterocycles. The van der Waals surface area contributed by atoms with Crippen LogP contribution in [-0.2, 0) is 9.47 Å². The standard InChI is InChI=1S/C11H17NO3S/c1-7(4-5-14-3)15-11(13)10-6-9(12)8(2)16-10/h6-7H,4-5,12H2,1-3H3. The Morgan fingerprint density at radius 3 is 2.81 bits per heavy atom. The van der Waals surface area contributed by atoms with Crippen molar-refractivity contribution in [2.75, 3.05) is 19.5 Å². The highest BCUT2D eigenvalue weighted by Crippen LogP contribution is 2.24. The van der Waals surface area contributed by atoms with Crippen molar-refractivity contribution in [3.63, 3.8) is 0 Å². The second-order valence-electron chi connectivity index (χ2n) is 3.62. The van der Waals surface area contributed by atoms with Gasteiger partial charge in [-0.1, -0.05) is 0 Å². The van der Waals surface area contributed by atoms with Crippen molar-refractivity contribution in [1.29, 1.82) is 0 Å². The van der Waals surface area contributed by atoms with Gasteiger partial charge in [-0.25, -0.2) is 4.79 Å². The average Bonchev–Trinajstić information content (AvgIpc) is 2.56. The number of ether oxygens (including phenoxy) is 2. The van der Waals surface area contributed by atoms with Crippen LogP contribution >= 0.6 is 11.3 Å². The van der Waals surface area contributed by atoms with E-state index in [9.17, 15) is 4.79 Å². The molecule has 0 amide bonds. The van der Waals surface area contributed by atoms with E-state index in [1.165, 1.54) is 11.3 Å². The minimum absolute atomic E-state index is 0.143. The molecule has 1 atom stereocenters. The van der Waals surface area contributed by atoms with Crippen LogP contribution < -0.4 is 5.73 Å². The molecule has 1 aromatic rings. The van der Waals surface area contributed by atoms with Crippen LogP contribution in [0.3, 0.4) is 0 Å². The summed E-state index contributed by atoms with van der Waals surface area (Å²) in [7, 11) is 1.62. The summed E-state index contributed by atoms with van der Waals surface area (Å²) in [5.41, 5.74) is 6.31. The number of anilines is 1. The van der Waals surface area contributed by atoms with Crippen LogP contribution in [0.2, 0.25) is 0 Å². The van der Waals surface area contributed by atoms with Gasteiger partial charge in [0.05, 0.1) is 0 Å². The summed E-state index contributed by atoms with van der Waals surface area (Å²) in [6.45, 7) is 4.31. The molecule has 0 aliphatic carbocycles.